The summed E-state index contributed by atoms with van der Waals surface area (Å²) in [4.78, 5) is 2.32. The van der Waals surface area contributed by atoms with Crippen LogP contribution in [0.25, 0.3) is 0 Å². The topological polar surface area (TPSA) is 15.3 Å². The number of nitrogens with one attached hydrogen (secondary N) is 1. The van der Waals surface area contributed by atoms with Crippen LogP contribution in [0.3, 0.4) is 0 Å². The van der Waals surface area contributed by atoms with Crippen LogP contribution in [0.15, 0.2) is 0 Å². The predicted octanol–water partition coefficient (Wildman–Crippen LogP) is 2.44. The van der Waals surface area contributed by atoms with Gasteiger partial charge < -0.3 is 5.32 Å². The van der Waals surface area contributed by atoms with Crippen molar-refractivity contribution in [1.29, 1.82) is 0 Å². The highest BCUT2D eigenvalue weighted by atomic mass is 19.1. The fourth-order valence-electron chi connectivity index (χ4n) is 2.35. The molecule has 1 rings (SSSR count). The molecule has 16 heavy (non-hydrogen) atoms. The first kappa shape index (κ1) is 13.9. The summed E-state index contributed by atoms with van der Waals surface area (Å²) in [6, 6.07) is 0.457. The molecule has 1 aliphatic rings. The Balaban J connectivity index is 2.73. The summed E-state index contributed by atoms with van der Waals surface area (Å²) in [5.41, 5.74) is 0.359. The van der Waals surface area contributed by atoms with E-state index in [2.05, 4.69) is 44.8 Å². The Hall–Kier alpha value is -0.150. The maximum atomic E-state index is 12.6. The molecule has 0 saturated carbocycles. The fourth-order valence-corrected chi connectivity index (χ4v) is 2.35. The first-order chi connectivity index (χ1) is 7.33. The van der Waals surface area contributed by atoms with Gasteiger partial charge in [0.2, 0.25) is 0 Å². The van der Waals surface area contributed by atoms with Crippen LogP contribution >= 0.6 is 0 Å². The van der Waals surface area contributed by atoms with Gasteiger partial charge in [-0.3, -0.25) is 4.90 Å². The van der Waals surface area contributed by atoms with E-state index in [-0.39, 0.29) is 17.6 Å². The van der Waals surface area contributed by atoms with Gasteiger partial charge in [-0.1, -0.05) is 27.7 Å². The van der Waals surface area contributed by atoms with Crippen molar-refractivity contribution >= 4 is 0 Å². The van der Waals surface area contributed by atoms with Crippen LogP contribution in [-0.4, -0.2) is 42.8 Å². The SMILES string of the molecule is CCC1(C)CNC(C(C)(C)C)CN1CCF. The molecular weight excluding hydrogens is 203 g/mol. The van der Waals surface area contributed by atoms with Crippen LogP contribution < -0.4 is 5.32 Å². The predicted molar refractivity (Wildman–Crippen MR) is 67.5 cm³/mol. The molecule has 3 heteroatoms. The number of nitrogens with zero attached hydrogens (tertiary/aromatic N) is 1. The Labute approximate surface area is 99.6 Å². The van der Waals surface area contributed by atoms with Gasteiger partial charge in [0, 0.05) is 31.2 Å². The molecule has 1 aliphatic heterocycles. The van der Waals surface area contributed by atoms with E-state index in [0.717, 1.165) is 19.5 Å². The van der Waals surface area contributed by atoms with Crippen molar-refractivity contribution < 1.29 is 4.39 Å². The second-order valence-corrected chi connectivity index (χ2v) is 6.29. The number of rotatable bonds is 3. The minimum absolute atomic E-state index is 0.119. The van der Waals surface area contributed by atoms with Crippen molar-refractivity contribution in [3.63, 3.8) is 0 Å². The summed E-state index contributed by atoms with van der Waals surface area (Å²) in [7, 11) is 0. The van der Waals surface area contributed by atoms with E-state index in [4.69, 9.17) is 0 Å². The monoisotopic (exact) mass is 230 g/mol. The zero-order valence-electron chi connectivity index (χ0n) is 11.4. The van der Waals surface area contributed by atoms with Crippen LogP contribution in [0.1, 0.15) is 41.0 Å². The highest BCUT2D eigenvalue weighted by molar-refractivity contribution is 4.98. The van der Waals surface area contributed by atoms with Crippen molar-refractivity contribution in [2.75, 3.05) is 26.3 Å². The van der Waals surface area contributed by atoms with Gasteiger partial charge in [-0.05, 0) is 18.8 Å². The normalized spacial score (nSPS) is 33.0. The molecule has 2 unspecified atom stereocenters. The number of hydrogen-bond donors (Lipinski definition) is 1. The van der Waals surface area contributed by atoms with E-state index in [9.17, 15) is 4.39 Å². The lowest BCUT2D eigenvalue weighted by atomic mass is 9.82. The van der Waals surface area contributed by atoms with Crippen molar-refractivity contribution in [1.82, 2.24) is 10.2 Å². The van der Waals surface area contributed by atoms with Gasteiger partial charge in [-0.25, -0.2) is 4.39 Å². The van der Waals surface area contributed by atoms with E-state index < -0.39 is 0 Å². The highest BCUT2D eigenvalue weighted by Gasteiger charge is 2.39. The molecule has 1 N–H and O–H groups in total. The van der Waals surface area contributed by atoms with Crippen molar-refractivity contribution in [2.45, 2.75) is 52.6 Å². The Morgan fingerprint density at radius 3 is 2.50 bits per heavy atom. The minimum Gasteiger partial charge on any atom is -0.310 e. The third kappa shape index (κ3) is 2.95. The summed E-state index contributed by atoms with van der Waals surface area (Å²) in [5, 5.41) is 3.62. The molecule has 0 bridgehead atoms. The van der Waals surface area contributed by atoms with Gasteiger partial charge in [-0.15, -0.1) is 0 Å². The number of piperazine rings is 1. The molecule has 0 aromatic heterocycles. The van der Waals surface area contributed by atoms with E-state index >= 15 is 0 Å². The first-order valence-corrected chi connectivity index (χ1v) is 6.38. The third-order valence-corrected chi connectivity index (χ3v) is 4.06. The second kappa shape index (κ2) is 5.01. The summed E-state index contributed by atoms with van der Waals surface area (Å²) in [5.74, 6) is 0. The molecule has 2 nitrogen and oxygen atoms in total. The third-order valence-electron chi connectivity index (χ3n) is 4.06. The van der Waals surface area contributed by atoms with E-state index in [1.165, 1.54) is 0 Å². The molecule has 0 radical (unpaired) electrons. The molecule has 0 spiro atoms. The second-order valence-electron chi connectivity index (χ2n) is 6.29. The van der Waals surface area contributed by atoms with Crippen molar-refractivity contribution in [3.05, 3.63) is 0 Å². The van der Waals surface area contributed by atoms with Gasteiger partial charge in [0.1, 0.15) is 6.67 Å². The maximum absolute atomic E-state index is 12.6. The molecule has 0 aliphatic carbocycles. The van der Waals surface area contributed by atoms with Crippen LogP contribution in [0.5, 0.6) is 0 Å². The standard InChI is InChI=1S/C13H27FN2/c1-6-13(5)10-15-11(12(2,3)4)9-16(13)8-7-14/h11,15H,6-10H2,1-5H3. The molecule has 0 aromatic rings. The largest absolute Gasteiger partial charge is 0.310 e. The van der Waals surface area contributed by atoms with Gasteiger partial charge in [-0.2, -0.15) is 0 Å². The molecule has 2 atom stereocenters. The fraction of sp³-hybridized carbons (Fsp3) is 1.00. The van der Waals surface area contributed by atoms with E-state index in [1.54, 1.807) is 0 Å². The summed E-state index contributed by atoms with van der Waals surface area (Å²) >= 11 is 0. The van der Waals surface area contributed by atoms with Gasteiger partial charge in [0.25, 0.3) is 0 Å². The lowest BCUT2D eigenvalue weighted by Gasteiger charge is -2.50. The van der Waals surface area contributed by atoms with Gasteiger partial charge in [0.05, 0.1) is 0 Å². The Kier molecular flexibility index (Phi) is 4.35. The number of hydrogen-bond acceptors (Lipinski definition) is 2. The van der Waals surface area contributed by atoms with Crippen molar-refractivity contribution in [3.8, 4) is 0 Å². The van der Waals surface area contributed by atoms with E-state index in [0.29, 0.717) is 12.6 Å². The zero-order chi connectivity index (χ0) is 12.4. The van der Waals surface area contributed by atoms with E-state index in [1.807, 2.05) is 0 Å². The zero-order valence-corrected chi connectivity index (χ0v) is 11.4. The number of alkyl halides is 1. The summed E-state index contributed by atoms with van der Waals surface area (Å²) in [6.45, 7) is 13.4. The minimum atomic E-state index is -0.244. The molecule has 1 fully saturated rings. The smallest absolute Gasteiger partial charge is 0.102 e. The van der Waals surface area contributed by atoms with Crippen LogP contribution in [0.2, 0.25) is 0 Å². The van der Waals surface area contributed by atoms with Gasteiger partial charge >= 0.3 is 0 Å². The van der Waals surface area contributed by atoms with Gasteiger partial charge in [0.15, 0.2) is 0 Å². The molecule has 0 aromatic carbocycles. The molecule has 0 amide bonds. The van der Waals surface area contributed by atoms with Crippen LogP contribution in [0, 0.1) is 5.41 Å². The van der Waals surface area contributed by atoms with Crippen molar-refractivity contribution in [2.24, 2.45) is 5.41 Å². The first-order valence-electron chi connectivity index (χ1n) is 6.38. The molecular formula is C13H27FN2. The Morgan fingerprint density at radius 1 is 1.44 bits per heavy atom. The molecule has 1 heterocycles. The Morgan fingerprint density at radius 2 is 2.06 bits per heavy atom. The highest BCUT2D eigenvalue weighted by Crippen LogP contribution is 2.29. The quantitative estimate of drug-likeness (QED) is 0.801. The number of halogens is 1. The van der Waals surface area contributed by atoms with Crippen LogP contribution in [0.4, 0.5) is 4.39 Å². The summed E-state index contributed by atoms with van der Waals surface area (Å²) < 4.78 is 12.6. The van der Waals surface area contributed by atoms with Crippen LogP contribution in [-0.2, 0) is 0 Å². The maximum Gasteiger partial charge on any atom is 0.102 e. The average molecular weight is 230 g/mol. The average Bonchev–Trinajstić information content (AvgIpc) is 2.20. The lowest BCUT2D eigenvalue weighted by molar-refractivity contribution is 0.0183. The summed E-state index contributed by atoms with van der Waals surface area (Å²) in [6.07, 6.45) is 1.07. The Bertz CT molecular complexity index is 224. The molecule has 1 saturated heterocycles. The lowest BCUT2D eigenvalue weighted by Crippen LogP contribution is -2.66. The molecule has 96 valence electrons.